The number of hydrogen-bond donors (Lipinski definition) is 1. The summed E-state index contributed by atoms with van der Waals surface area (Å²) in [5, 5.41) is 0. The predicted octanol–water partition coefficient (Wildman–Crippen LogP) is 2.19. The number of carbonyl (C=O) groups excluding carboxylic acids is 1. The summed E-state index contributed by atoms with van der Waals surface area (Å²) in [6.07, 6.45) is 2.57. The highest BCUT2D eigenvalue weighted by Crippen LogP contribution is 2.24. The van der Waals surface area contributed by atoms with Crippen LogP contribution < -0.4 is 5.73 Å². The van der Waals surface area contributed by atoms with E-state index >= 15 is 0 Å². The van der Waals surface area contributed by atoms with Gasteiger partial charge < -0.3 is 10.6 Å². The van der Waals surface area contributed by atoms with Crippen LogP contribution in [-0.2, 0) is 11.2 Å². The largest absolute Gasteiger partial charge is 0.339 e. The van der Waals surface area contributed by atoms with Crippen molar-refractivity contribution < 1.29 is 4.79 Å². The van der Waals surface area contributed by atoms with Crippen LogP contribution in [0.25, 0.3) is 0 Å². The number of aryl methyl sites for hydroxylation is 2. The van der Waals surface area contributed by atoms with Crippen LogP contribution in [0.1, 0.15) is 36.5 Å². The Balaban J connectivity index is 1.94. The van der Waals surface area contributed by atoms with Gasteiger partial charge in [0.1, 0.15) is 0 Å². The summed E-state index contributed by atoms with van der Waals surface area (Å²) in [6.45, 7) is 7.68. The minimum Gasteiger partial charge on any atom is -0.339 e. The maximum Gasteiger partial charge on any atom is 0.227 e. The summed E-state index contributed by atoms with van der Waals surface area (Å²) in [4.78, 5) is 14.1. The van der Waals surface area contributed by atoms with Gasteiger partial charge in [-0.15, -0.1) is 0 Å². The maximum absolute atomic E-state index is 12.2. The Hall–Kier alpha value is -1.35. The molecule has 1 aromatic rings. The Morgan fingerprint density at radius 3 is 2.68 bits per heavy atom. The molecule has 1 fully saturated rings. The molecule has 1 amide bonds. The van der Waals surface area contributed by atoms with E-state index in [0.29, 0.717) is 19.5 Å². The molecular weight excluding hydrogens is 236 g/mol. The monoisotopic (exact) mass is 260 g/mol. The Kier molecular flexibility index (Phi) is 3.95. The van der Waals surface area contributed by atoms with E-state index in [1.54, 1.807) is 0 Å². The van der Waals surface area contributed by atoms with Gasteiger partial charge in [-0.2, -0.15) is 0 Å². The summed E-state index contributed by atoms with van der Waals surface area (Å²) in [5.74, 6) is 0.200. The second-order valence-electron chi connectivity index (χ2n) is 5.97. The fourth-order valence-electron chi connectivity index (χ4n) is 2.81. The molecule has 1 saturated heterocycles. The molecule has 2 N–H and O–H groups in total. The van der Waals surface area contributed by atoms with E-state index in [2.05, 4.69) is 39.0 Å². The first-order valence-electron chi connectivity index (χ1n) is 7.06. The van der Waals surface area contributed by atoms with Gasteiger partial charge in [-0.1, -0.05) is 37.1 Å². The number of nitrogens with zero attached hydrogens (tertiary/aromatic N) is 1. The highest BCUT2D eigenvalue weighted by atomic mass is 16.2. The molecule has 104 valence electrons. The van der Waals surface area contributed by atoms with Crippen molar-refractivity contribution in [2.45, 2.75) is 45.6 Å². The van der Waals surface area contributed by atoms with Crippen LogP contribution in [0, 0.1) is 13.8 Å². The van der Waals surface area contributed by atoms with Crippen LogP contribution in [0.15, 0.2) is 18.2 Å². The van der Waals surface area contributed by atoms with E-state index < -0.39 is 0 Å². The third-order valence-electron chi connectivity index (χ3n) is 3.96. The number of likely N-dealkylation sites (tertiary alicyclic amines) is 1. The van der Waals surface area contributed by atoms with Gasteiger partial charge in [0.05, 0.1) is 12.0 Å². The van der Waals surface area contributed by atoms with Crippen LogP contribution in [0.5, 0.6) is 0 Å². The quantitative estimate of drug-likeness (QED) is 0.902. The molecule has 2 rings (SSSR count). The van der Waals surface area contributed by atoms with Gasteiger partial charge in [0.15, 0.2) is 0 Å². The van der Waals surface area contributed by atoms with Crippen LogP contribution >= 0.6 is 0 Å². The van der Waals surface area contributed by atoms with E-state index in [9.17, 15) is 4.79 Å². The molecule has 0 bridgehead atoms. The Bertz CT molecular complexity index is 476. The SMILES string of the molecule is CCCC1(N)CN(C(=O)Cc2cc(C)ccc2C)C1. The number of amides is 1. The molecule has 3 heteroatoms. The molecule has 0 unspecified atom stereocenters. The van der Waals surface area contributed by atoms with E-state index in [0.717, 1.165) is 18.4 Å². The van der Waals surface area contributed by atoms with E-state index in [1.165, 1.54) is 11.1 Å². The van der Waals surface area contributed by atoms with Gasteiger partial charge >= 0.3 is 0 Å². The first-order chi connectivity index (χ1) is 8.93. The summed E-state index contributed by atoms with van der Waals surface area (Å²) >= 11 is 0. The Labute approximate surface area is 115 Å². The fraction of sp³-hybridized carbons (Fsp3) is 0.562. The van der Waals surface area contributed by atoms with E-state index in [1.807, 2.05) is 4.90 Å². The van der Waals surface area contributed by atoms with Crippen molar-refractivity contribution >= 4 is 5.91 Å². The summed E-state index contributed by atoms with van der Waals surface area (Å²) in [5.41, 5.74) is 9.59. The smallest absolute Gasteiger partial charge is 0.227 e. The second-order valence-corrected chi connectivity index (χ2v) is 5.97. The molecule has 0 aliphatic carbocycles. The minimum absolute atomic E-state index is 0.133. The Morgan fingerprint density at radius 1 is 1.37 bits per heavy atom. The zero-order valence-electron chi connectivity index (χ0n) is 12.2. The third kappa shape index (κ3) is 3.16. The lowest BCUT2D eigenvalue weighted by Crippen LogP contribution is -2.68. The van der Waals surface area contributed by atoms with Crippen LogP contribution in [0.2, 0.25) is 0 Å². The summed E-state index contributed by atoms with van der Waals surface area (Å²) in [7, 11) is 0. The minimum atomic E-state index is -0.133. The average Bonchev–Trinajstić information content (AvgIpc) is 2.31. The zero-order chi connectivity index (χ0) is 14.0. The van der Waals surface area contributed by atoms with E-state index in [4.69, 9.17) is 5.73 Å². The van der Waals surface area contributed by atoms with Gasteiger partial charge in [0.25, 0.3) is 0 Å². The van der Waals surface area contributed by atoms with Crippen LogP contribution in [-0.4, -0.2) is 29.4 Å². The lowest BCUT2D eigenvalue weighted by Gasteiger charge is -2.48. The maximum atomic E-state index is 12.2. The number of rotatable bonds is 4. The van der Waals surface area contributed by atoms with Crippen molar-refractivity contribution in [3.8, 4) is 0 Å². The van der Waals surface area contributed by atoms with Crippen LogP contribution in [0.4, 0.5) is 0 Å². The number of benzene rings is 1. The number of hydrogen-bond acceptors (Lipinski definition) is 2. The molecule has 1 aliphatic rings. The summed E-state index contributed by atoms with van der Waals surface area (Å²) < 4.78 is 0. The molecule has 19 heavy (non-hydrogen) atoms. The van der Waals surface area contributed by atoms with E-state index in [-0.39, 0.29) is 11.4 Å². The molecule has 0 radical (unpaired) electrons. The molecule has 0 spiro atoms. The molecular formula is C16H24N2O. The predicted molar refractivity (Wildman–Crippen MR) is 78.0 cm³/mol. The Morgan fingerprint density at radius 2 is 2.05 bits per heavy atom. The van der Waals surface area contributed by atoms with Gasteiger partial charge in [-0.05, 0) is 31.4 Å². The number of carbonyl (C=O) groups is 1. The van der Waals surface area contributed by atoms with Gasteiger partial charge in [-0.25, -0.2) is 0 Å². The molecule has 1 heterocycles. The van der Waals surface area contributed by atoms with Crippen LogP contribution in [0.3, 0.4) is 0 Å². The lowest BCUT2D eigenvalue weighted by atomic mass is 9.86. The van der Waals surface area contributed by atoms with Gasteiger partial charge in [-0.3, -0.25) is 4.79 Å². The normalized spacial score (nSPS) is 17.2. The van der Waals surface area contributed by atoms with Crippen molar-refractivity contribution in [1.82, 2.24) is 4.90 Å². The van der Waals surface area contributed by atoms with Crippen molar-refractivity contribution in [2.24, 2.45) is 5.73 Å². The molecule has 1 aliphatic heterocycles. The zero-order valence-corrected chi connectivity index (χ0v) is 12.2. The number of nitrogens with two attached hydrogens (primary N) is 1. The fourth-order valence-corrected chi connectivity index (χ4v) is 2.81. The first kappa shape index (κ1) is 14.1. The summed E-state index contributed by atoms with van der Waals surface area (Å²) in [6, 6.07) is 6.27. The van der Waals surface area contributed by atoms with Gasteiger partial charge in [0.2, 0.25) is 5.91 Å². The van der Waals surface area contributed by atoms with Crippen molar-refractivity contribution in [3.05, 3.63) is 34.9 Å². The van der Waals surface area contributed by atoms with Gasteiger partial charge in [0, 0.05) is 13.1 Å². The highest BCUT2D eigenvalue weighted by Gasteiger charge is 2.40. The first-order valence-corrected chi connectivity index (χ1v) is 7.06. The molecule has 3 nitrogen and oxygen atoms in total. The van der Waals surface area contributed by atoms with Crippen molar-refractivity contribution in [3.63, 3.8) is 0 Å². The lowest BCUT2D eigenvalue weighted by molar-refractivity contribution is -0.138. The molecule has 0 aromatic heterocycles. The topological polar surface area (TPSA) is 46.3 Å². The third-order valence-corrected chi connectivity index (χ3v) is 3.96. The average molecular weight is 260 g/mol. The van der Waals surface area contributed by atoms with Crippen molar-refractivity contribution in [1.29, 1.82) is 0 Å². The molecule has 0 atom stereocenters. The molecule has 1 aromatic carbocycles. The van der Waals surface area contributed by atoms with Crippen molar-refractivity contribution in [2.75, 3.05) is 13.1 Å². The standard InChI is InChI=1S/C16H24N2O/c1-4-7-16(17)10-18(11-16)15(19)9-14-8-12(2)5-6-13(14)3/h5-6,8H,4,7,9-11,17H2,1-3H3. The molecule has 0 saturated carbocycles. The highest BCUT2D eigenvalue weighted by molar-refractivity contribution is 5.80. The second kappa shape index (κ2) is 5.33.